The van der Waals surface area contributed by atoms with Crippen LogP contribution in [-0.4, -0.2) is 16.8 Å². The van der Waals surface area contributed by atoms with E-state index in [1.807, 2.05) is 36.4 Å². The minimum atomic E-state index is -0.386. The third kappa shape index (κ3) is 2.00. The molecular formula is C17H10N2O3. The Labute approximate surface area is 125 Å². The summed E-state index contributed by atoms with van der Waals surface area (Å²) >= 11 is 0. The van der Waals surface area contributed by atoms with Gasteiger partial charge in [-0.2, -0.15) is 0 Å². The van der Waals surface area contributed by atoms with E-state index < -0.39 is 0 Å². The lowest BCUT2D eigenvalue weighted by Crippen LogP contribution is -2.21. The molecule has 106 valence electrons. The molecule has 0 spiro atoms. The van der Waals surface area contributed by atoms with Gasteiger partial charge in [0, 0.05) is 11.6 Å². The predicted molar refractivity (Wildman–Crippen MR) is 80.6 cm³/mol. The first-order chi connectivity index (χ1) is 10.7. The normalized spacial score (nSPS) is 14.3. The zero-order valence-corrected chi connectivity index (χ0v) is 11.4. The van der Waals surface area contributed by atoms with Gasteiger partial charge >= 0.3 is 0 Å². The number of nitrogens with zero attached hydrogens (tertiary/aromatic N) is 1. The molecule has 1 aliphatic rings. The summed E-state index contributed by atoms with van der Waals surface area (Å²) in [6.07, 6.45) is 1.30. The van der Waals surface area contributed by atoms with Crippen LogP contribution in [0.15, 0.2) is 59.0 Å². The molecule has 0 unspecified atom stereocenters. The predicted octanol–water partition coefficient (Wildman–Crippen LogP) is 2.53. The van der Waals surface area contributed by atoms with E-state index in [4.69, 9.17) is 4.42 Å². The molecule has 4 rings (SSSR count). The molecule has 2 amide bonds. The molecule has 0 atom stereocenters. The number of amides is 2. The van der Waals surface area contributed by atoms with E-state index in [2.05, 4.69) is 10.3 Å². The SMILES string of the molecule is O=C1C=C(c2ccc(-c3nc4ccccc4o3)cc2)C(=O)N1. The quantitative estimate of drug-likeness (QED) is 0.736. The summed E-state index contributed by atoms with van der Waals surface area (Å²) in [4.78, 5) is 27.2. The third-order valence-electron chi connectivity index (χ3n) is 3.49. The molecule has 1 aliphatic heterocycles. The molecule has 2 heterocycles. The van der Waals surface area contributed by atoms with E-state index in [-0.39, 0.29) is 11.8 Å². The van der Waals surface area contributed by atoms with E-state index >= 15 is 0 Å². The van der Waals surface area contributed by atoms with Gasteiger partial charge in [-0.1, -0.05) is 24.3 Å². The van der Waals surface area contributed by atoms with Crippen LogP contribution in [0.4, 0.5) is 0 Å². The first kappa shape index (κ1) is 12.5. The lowest BCUT2D eigenvalue weighted by Gasteiger charge is -2.01. The number of fused-ring (bicyclic) bond motifs is 1. The second-order valence-corrected chi connectivity index (χ2v) is 4.94. The number of oxazole rings is 1. The Morgan fingerprint density at radius 2 is 1.64 bits per heavy atom. The molecule has 1 aromatic heterocycles. The van der Waals surface area contributed by atoms with Crippen molar-refractivity contribution < 1.29 is 14.0 Å². The van der Waals surface area contributed by atoms with Gasteiger partial charge in [0.1, 0.15) is 5.52 Å². The molecule has 5 heteroatoms. The van der Waals surface area contributed by atoms with E-state index in [0.29, 0.717) is 17.0 Å². The van der Waals surface area contributed by atoms with Crippen LogP contribution >= 0.6 is 0 Å². The second kappa shape index (κ2) is 4.66. The van der Waals surface area contributed by atoms with Crippen molar-refractivity contribution in [3.05, 3.63) is 60.2 Å². The average molecular weight is 290 g/mol. The summed E-state index contributed by atoms with van der Waals surface area (Å²) in [5.41, 5.74) is 3.39. The fourth-order valence-electron chi connectivity index (χ4n) is 2.41. The molecule has 1 N–H and O–H groups in total. The van der Waals surface area contributed by atoms with Crippen molar-refractivity contribution in [1.29, 1.82) is 0 Å². The van der Waals surface area contributed by atoms with Crippen molar-refractivity contribution in [3.8, 4) is 11.5 Å². The molecule has 3 aromatic rings. The standard InChI is InChI=1S/C17H10N2O3/c20-15-9-12(16(21)19-15)10-5-7-11(8-6-10)17-18-13-3-1-2-4-14(13)22-17/h1-9H,(H,19,20,21). The molecule has 0 saturated carbocycles. The highest BCUT2D eigenvalue weighted by molar-refractivity contribution is 6.33. The van der Waals surface area contributed by atoms with Crippen molar-refractivity contribution >= 4 is 28.5 Å². The Morgan fingerprint density at radius 3 is 2.32 bits per heavy atom. The first-order valence-corrected chi connectivity index (χ1v) is 6.74. The highest BCUT2D eigenvalue weighted by Crippen LogP contribution is 2.26. The van der Waals surface area contributed by atoms with Gasteiger partial charge in [0.15, 0.2) is 5.58 Å². The highest BCUT2D eigenvalue weighted by atomic mass is 16.3. The van der Waals surface area contributed by atoms with Gasteiger partial charge < -0.3 is 4.42 Å². The van der Waals surface area contributed by atoms with Crippen LogP contribution in [0.25, 0.3) is 28.1 Å². The fraction of sp³-hybridized carbons (Fsp3) is 0. The molecule has 0 fully saturated rings. The van der Waals surface area contributed by atoms with Gasteiger partial charge in [-0.25, -0.2) is 4.98 Å². The summed E-state index contributed by atoms with van der Waals surface area (Å²) < 4.78 is 5.70. The largest absolute Gasteiger partial charge is 0.436 e. The van der Waals surface area contributed by atoms with E-state index in [1.54, 1.807) is 12.1 Å². The second-order valence-electron chi connectivity index (χ2n) is 4.94. The molecule has 0 bridgehead atoms. The Balaban J connectivity index is 1.71. The van der Waals surface area contributed by atoms with Crippen LogP contribution in [0, 0.1) is 0 Å². The van der Waals surface area contributed by atoms with Crippen LogP contribution in [0.3, 0.4) is 0 Å². The summed E-state index contributed by atoms with van der Waals surface area (Å²) in [5, 5.41) is 2.23. The summed E-state index contributed by atoms with van der Waals surface area (Å²) in [5.74, 6) is -0.240. The average Bonchev–Trinajstić information content (AvgIpc) is 3.10. The van der Waals surface area contributed by atoms with Crippen molar-refractivity contribution in [2.75, 3.05) is 0 Å². The highest BCUT2D eigenvalue weighted by Gasteiger charge is 2.22. The van der Waals surface area contributed by atoms with Gasteiger partial charge in [-0.15, -0.1) is 0 Å². The van der Waals surface area contributed by atoms with Gasteiger partial charge in [-0.05, 0) is 29.8 Å². The van der Waals surface area contributed by atoms with Crippen LogP contribution in [0.1, 0.15) is 5.56 Å². The maximum absolute atomic E-state index is 11.6. The Hall–Kier alpha value is -3.21. The van der Waals surface area contributed by atoms with Gasteiger partial charge in [0.05, 0.1) is 5.57 Å². The van der Waals surface area contributed by atoms with Crippen molar-refractivity contribution in [2.45, 2.75) is 0 Å². The third-order valence-corrected chi connectivity index (χ3v) is 3.49. The van der Waals surface area contributed by atoms with Crippen LogP contribution < -0.4 is 5.32 Å². The maximum Gasteiger partial charge on any atom is 0.258 e. The molecule has 22 heavy (non-hydrogen) atoms. The molecule has 0 radical (unpaired) electrons. The van der Waals surface area contributed by atoms with Crippen molar-refractivity contribution in [1.82, 2.24) is 10.3 Å². The maximum atomic E-state index is 11.6. The molecule has 5 nitrogen and oxygen atoms in total. The van der Waals surface area contributed by atoms with Gasteiger partial charge in [-0.3, -0.25) is 14.9 Å². The number of nitrogens with one attached hydrogen (secondary N) is 1. The molecular weight excluding hydrogens is 280 g/mol. The van der Waals surface area contributed by atoms with Crippen LogP contribution in [0.2, 0.25) is 0 Å². The number of aromatic nitrogens is 1. The van der Waals surface area contributed by atoms with Gasteiger partial charge in [0.25, 0.3) is 11.8 Å². The van der Waals surface area contributed by atoms with Crippen molar-refractivity contribution in [3.63, 3.8) is 0 Å². The molecule has 0 saturated heterocycles. The van der Waals surface area contributed by atoms with Crippen molar-refractivity contribution in [2.24, 2.45) is 0 Å². The number of hydrogen-bond donors (Lipinski definition) is 1. The van der Waals surface area contributed by atoms with Crippen LogP contribution in [-0.2, 0) is 9.59 Å². The minimum Gasteiger partial charge on any atom is -0.436 e. The molecule has 2 aromatic carbocycles. The zero-order valence-electron chi connectivity index (χ0n) is 11.4. The fourth-order valence-corrected chi connectivity index (χ4v) is 2.41. The number of rotatable bonds is 2. The number of para-hydroxylation sites is 2. The smallest absolute Gasteiger partial charge is 0.258 e. The number of carbonyl (C=O) groups is 2. The van der Waals surface area contributed by atoms with E-state index in [1.165, 1.54) is 6.08 Å². The topological polar surface area (TPSA) is 72.2 Å². The Kier molecular flexibility index (Phi) is 2.66. The summed E-state index contributed by atoms with van der Waals surface area (Å²) in [6, 6.07) is 14.7. The number of hydrogen-bond acceptors (Lipinski definition) is 4. The number of imide groups is 1. The number of benzene rings is 2. The number of carbonyl (C=O) groups excluding carboxylic acids is 2. The van der Waals surface area contributed by atoms with E-state index in [9.17, 15) is 9.59 Å². The summed E-state index contributed by atoms with van der Waals surface area (Å²) in [6.45, 7) is 0. The molecule has 0 aliphatic carbocycles. The lowest BCUT2D eigenvalue weighted by molar-refractivity contribution is -0.123. The lowest BCUT2D eigenvalue weighted by atomic mass is 10.0. The Bertz CT molecular complexity index is 903. The monoisotopic (exact) mass is 290 g/mol. The summed E-state index contributed by atoms with van der Waals surface area (Å²) in [7, 11) is 0. The van der Waals surface area contributed by atoms with Crippen LogP contribution in [0.5, 0.6) is 0 Å². The van der Waals surface area contributed by atoms with E-state index in [0.717, 1.165) is 16.7 Å². The zero-order chi connectivity index (χ0) is 15.1. The Morgan fingerprint density at radius 1 is 0.909 bits per heavy atom. The first-order valence-electron chi connectivity index (χ1n) is 6.74. The van der Waals surface area contributed by atoms with Gasteiger partial charge in [0.2, 0.25) is 5.89 Å². The minimum absolute atomic E-state index is 0.370.